The van der Waals surface area contributed by atoms with Gasteiger partial charge in [-0.3, -0.25) is 0 Å². The molecule has 0 spiro atoms. The predicted molar refractivity (Wildman–Crippen MR) is 113 cm³/mol. The van der Waals surface area contributed by atoms with Crippen molar-refractivity contribution >= 4 is 11.4 Å². The largest absolute Gasteiger partial charge is 0.323 e. The molecule has 0 bridgehead atoms. The van der Waals surface area contributed by atoms with Crippen LogP contribution in [0.3, 0.4) is 0 Å². The van der Waals surface area contributed by atoms with Crippen LogP contribution >= 0.6 is 0 Å². The molecule has 0 amide bonds. The molecule has 0 N–H and O–H groups in total. The van der Waals surface area contributed by atoms with Crippen molar-refractivity contribution in [3.8, 4) is 12.1 Å². The second kappa shape index (κ2) is 8.51. The van der Waals surface area contributed by atoms with Gasteiger partial charge in [0.05, 0.1) is 17.4 Å². The van der Waals surface area contributed by atoms with Gasteiger partial charge in [-0.05, 0) is 57.2 Å². The fraction of sp³-hybridized carbons (Fsp3) is 0.391. The van der Waals surface area contributed by atoms with Crippen LogP contribution in [0.5, 0.6) is 0 Å². The molecule has 2 aromatic rings. The van der Waals surface area contributed by atoms with E-state index in [-0.39, 0.29) is 11.9 Å². The topological polar surface area (TPSA) is 57.3 Å². The van der Waals surface area contributed by atoms with Gasteiger partial charge in [0.25, 0.3) is 5.66 Å². The minimum absolute atomic E-state index is 0.250. The molecular weight excluding hydrogens is 365 g/mol. The molecule has 5 nitrogen and oxygen atoms in total. The van der Waals surface area contributed by atoms with E-state index in [2.05, 4.69) is 17.0 Å². The second-order valence-electron chi connectivity index (χ2n) is 7.57. The van der Waals surface area contributed by atoms with Crippen molar-refractivity contribution in [1.29, 1.82) is 10.5 Å². The van der Waals surface area contributed by atoms with Crippen molar-refractivity contribution in [2.24, 2.45) is 0 Å². The van der Waals surface area contributed by atoms with E-state index in [9.17, 15) is 14.9 Å². The molecule has 0 aliphatic carbocycles. The zero-order chi connectivity index (χ0) is 21.0. The van der Waals surface area contributed by atoms with E-state index >= 15 is 0 Å². The quantitative estimate of drug-likeness (QED) is 0.704. The summed E-state index contributed by atoms with van der Waals surface area (Å²) in [7, 11) is 3.98. The molecule has 0 saturated heterocycles. The van der Waals surface area contributed by atoms with Crippen molar-refractivity contribution < 1.29 is 4.39 Å². The molecule has 0 saturated carbocycles. The minimum atomic E-state index is -1.53. The van der Waals surface area contributed by atoms with Gasteiger partial charge in [0, 0.05) is 6.54 Å². The summed E-state index contributed by atoms with van der Waals surface area (Å²) in [6.07, 6.45) is 1.46. The predicted octanol–water partition coefficient (Wildman–Crippen LogP) is 4.30. The van der Waals surface area contributed by atoms with Gasteiger partial charge in [-0.15, -0.1) is 0 Å². The Morgan fingerprint density at radius 1 is 1.07 bits per heavy atom. The van der Waals surface area contributed by atoms with Crippen LogP contribution < -0.4 is 9.80 Å². The number of nitrogens with zero attached hydrogens (tertiary/aromatic N) is 5. The lowest BCUT2D eigenvalue weighted by molar-refractivity contribution is 0.366. The first-order chi connectivity index (χ1) is 14.0. The first-order valence-corrected chi connectivity index (χ1v) is 9.87. The zero-order valence-corrected chi connectivity index (χ0v) is 17.1. The fourth-order valence-electron chi connectivity index (χ4n) is 4.05. The summed E-state index contributed by atoms with van der Waals surface area (Å²) < 4.78 is 14.3. The molecule has 1 atom stereocenters. The highest BCUT2D eigenvalue weighted by Crippen LogP contribution is 2.50. The minimum Gasteiger partial charge on any atom is -0.323 e. The van der Waals surface area contributed by atoms with Gasteiger partial charge in [0.2, 0.25) is 0 Å². The lowest BCUT2D eigenvalue weighted by atomic mass is 9.98. The molecule has 0 radical (unpaired) electrons. The summed E-state index contributed by atoms with van der Waals surface area (Å²) in [5.74, 6) is -0.378. The van der Waals surface area contributed by atoms with E-state index in [0.29, 0.717) is 18.7 Å². The Hall–Kier alpha value is -3.09. The van der Waals surface area contributed by atoms with Crippen LogP contribution in [0.25, 0.3) is 0 Å². The Morgan fingerprint density at radius 3 is 2.34 bits per heavy atom. The fourth-order valence-corrected chi connectivity index (χ4v) is 4.05. The summed E-state index contributed by atoms with van der Waals surface area (Å²) in [5, 5.41) is 20.5. The van der Waals surface area contributed by atoms with Gasteiger partial charge in [-0.1, -0.05) is 37.3 Å². The van der Waals surface area contributed by atoms with Gasteiger partial charge in [-0.2, -0.15) is 10.5 Å². The summed E-state index contributed by atoms with van der Waals surface area (Å²) in [5.41, 5.74) is 0.785. The number of rotatable bonds is 7. The zero-order valence-electron chi connectivity index (χ0n) is 17.1. The molecule has 1 aliphatic rings. The first kappa shape index (κ1) is 20.6. The lowest BCUT2D eigenvalue weighted by Crippen LogP contribution is -2.57. The summed E-state index contributed by atoms with van der Waals surface area (Å²) in [6, 6.07) is 18.6. The third kappa shape index (κ3) is 3.64. The monoisotopic (exact) mass is 391 g/mol. The Balaban J connectivity index is 2.23. The van der Waals surface area contributed by atoms with Crippen molar-refractivity contribution in [2.75, 3.05) is 37.0 Å². The highest BCUT2D eigenvalue weighted by atomic mass is 19.1. The van der Waals surface area contributed by atoms with E-state index < -0.39 is 5.66 Å². The number of nitriles is 2. The van der Waals surface area contributed by atoms with Crippen molar-refractivity contribution in [3.63, 3.8) is 0 Å². The van der Waals surface area contributed by atoms with Crippen LogP contribution in [0, 0.1) is 28.5 Å². The molecular formula is C23H26FN5. The lowest BCUT2D eigenvalue weighted by Gasteiger charge is -2.40. The van der Waals surface area contributed by atoms with Gasteiger partial charge in [0.15, 0.2) is 0 Å². The Labute approximate surface area is 172 Å². The maximum Gasteiger partial charge on any atom is 0.293 e. The molecule has 29 heavy (non-hydrogen) atoms. The number of hydrogen-bond donors (Lipinski definition) is 0. The SMILES string of the molecule is CCCN1c2ccc(F)cc2N(C(CCN(C)C)c2ccccc2)C1(C#N)C#N. The average molecular weight is 391 g/mol. The highest BCUT2D eigenvalue weighted by Gasteiger charge is 2.53. The van der Waals surface area contributed by atoms with Gasteiger partial charge in [0.1, 0.15) is 18.0 Å². The van der Waals surface area contributed by atoms with E-state index in [0.717, 1.165) is 24.2 Å². The standard InChI is InChI=1S/C23H26FN5/c1-4-13-28-21-11-10-19(24)15-22(21)29(23(28,16-25)17-26)20(12-14-27(2)3)18-8-6-5-7-9-18/h5-11,15,20H,4,12-14H2,1-3H3. The second-order valence-corrected chi connectivity index (χ2v) is 7.57. The molecule has 150 valence electrons. The third-order valence-corrected chi connectivity index (χ3v) is 5.33. The molecule has 3 rings (SSSR count). The van der Waals surface area contributed by atoms with E-state index in [4.69, 9.17) is 0 Å². The van der Waals surface area contributed by atoms with Crippen LogP contribution in [0.15, 0.2) is 48.5 Å². The van der Waals surface area contributed by atoms with E-state index in [1.807, 2.05) is 61.2 Å². The van der Waals surface area contributed by atoms with Gasteiger partial charge < -0.3 is 14.7 Å². The van der Waals surface area contributed by atoms with Crippen LogP contribution in [0.1, 0.15) is 31.4 Å². The number of halogens is 1. The van der Waals surface area contributed by atoms with Crippen molar-refractivity contribution in [2.45, 2.75) is 31.5 Å². The number of anilines is 2. The smallest absolute Gasteiger partial charge is 0.293 e. The van der Waals surface area contributed by atoms with Crippen LogP contribution in [0.4, 0.5) is 15.8 Å². The first-order valence-electron chi connectivity index (χ1n) is 9.87. The van der Waals surface area contributed by atoms with Crippen molar-refractivity contribution in [3.05, 3.63) is 59.9 Å². The third-order valence-electron chi connectivity index (χ3n) is 5.33. The summed E-state index contributed by atoms with van der Waals surface area (Å²) in [4.78, 5) is 5.70. The Bertz CT molecular complexity index is 915. The molecule has 1 heterocycles. The molecule has 6 heteroatoms. The molecule has 1 unspecified atom stereocenters. The van der Waals surface area contributed by atoms with Crippen LogP contribution in [-0.2, 0) is 0 Å². The Kier molecular flexibility index (Phi) is 6.06. The van der Waals surface area contributed by atoms with E-state index in [1.165, 1.54) is 12.1 Å². The molecule has 1 aliphatic heterocycles. The number of hydrogen-bond acceptors (Lipinski definition) is 5. The van der Waals surface area contributed by atoms with Crippen molar-refractivity contribution in [1.82, 2.24) is 4.90 Å². The van der Waals surface area contributed by atoms with Crippen LogP contribution in [-0.4, -0.2) is 37.7 Å². The summed E-state index contributed by atoms with van der Waals surface area (Å²) >= 11 is 0. The maximum atomic E-state index is 14.3. The molecule has 2 aromatic carbocycles. The Morgan fingerprint density at radius 2 is 1.76 bits per heavy atom. The molecule has 0 fully saturated rings. The number of benzene rings is 2. The van der Waals surface area contributed by atoms with Crippen LogP contribution in [0.2, 0.25) is 0 Å². The summed E-state index contributed by atoms with van der Waals surface area (Å²) in [6.45, 7) is 3.30. The number of fused-ring (bicyclic) bond motifs is 1. The molecule has 0 aromatic heterocycles. The van der Waals surface area contributed by atoms with Gasteiger partial charge >= 0.3 is 0 Å². The van der Waals surface area contributed by atoms with Gasteiger partial charge in [-0.25, -0.2) is 4.39 Å². The average Bonchev–Trinajstić information content (AvgIpc) is 2.98. The van der Waals surface area contributed by atoms with E-state index in [1.54, 1.807) is 6.07 Å². The normalized spacial score (nSPS) is 15.7. The highest BCUT2D eigenvalue weighted by molar-refractivity contribution is 5.83. The maximum absolute atomic E-state index is 14.3.